The summed E-state index contributed by atoms with van der Waals surface area (Å²) in [7, 11) is 4.26. The van der Waals surface area contributed by atoms with Crippen molar-refractivity contribution >= 4 is 34.4 Å². The highest BCUT2D eigenvalue weighted by Gasteiger charge is 2.22. The summed E-state index contributed by atoms with van der Waals surface area (Å²) in [5.41, 5.74) is 8.56. The maximum Gasteiger partial charge on any atom is 0.300 e. The molecule has 2 aliphatic rings. The molecule has 1 amide bonds. The average molecular weight is 583 g/mol. The van der Waals surface area contributed by atoms with Gasteiger partial charge in [-0.2, -0.15) is 4.98 Å². The molecule has 1 aromatic heterocycles. The third kappa shape index (κ3) is 6.54. The van der Waals surface area contributed by atoms with Gasteiger partial charge in [0.25, 0.3) is 11.9 Å². The van der Waals surface area contributed by atoms with Crippen molar-refractivity contribution in [3.8, 4) is 11.1 Å². The summed E-state index contributed by atoms with van der Waals surface area (Å²) < 4.78 is 11.7. The van der Waals surface area contributed by atoms with Gasteiger partial charge in [0.2, 0.25) is 0 Å². The highest BCUT2D eigenvalue weighted by Crippen LogP contribution is 2.33. The van der Waals surface area contributed by atoms with Crippen LogP contribution in [0.15, 0.2) is 59.0 Å². The zero-order valence-corrected chi connectivity index (χ0v) is 25.7. The predicted octanol–water partition coefficient (Wildman–Crippen LogP) is 5.01. The minimum absolute atomic E-state index is 0.0558. The molecule has 9 heteroatoms. The van der Waals surface area contributed by atoms with E-state index in [1.807, 2.05) is 42.2 Å². The molecule has 6 rings (SSSR count). The molecule has 43 heavy (non-hydrogen) atoms. The molecule has 3 aromatic carbocycles. The van der Waals surface area contributed by atoms with Crippen LogP contribution in [0.1, 0.15) is 21.5 Å². The molecule has 1 N–H and O–H groups in total. The first-order valence-corrected chi connectivity index (χ1v) is 15.2. The molecule has 0 aliphatic carbocycles. The third-order valence-corrected chi connectivity index (χ3v) is 8.51. The fourth-order valence-corrected chi connectivity index (χ4v) is 6.00. The Kier molecular flexibility index (Phi) is 8.65. The van der Waals surface area contributed by atoms with Crippen LogP contribution in [0.25, 0.3) is 22.2 Å². The molecule has 226 valence electrons. The third-order valence-electron chi connectivity index (χ3n) is 8.51. The van der Waals surface area contributed by atoms with Gasteiger partial charge in [0.1, 0.15) is 5.52 Å². The number of hydrogen-bond acceptors (Lipinski definition) is 8. The summed E-state index contributed by atoms with van der Waals surface area (Å²) in [5, 5.41) is 3.38. The number of anilines is 3. The zero-order chi connectivity index (χ0) is 29.9. The molecule has 4 aromatic rings. The van der Waals surface area contributed by atoms with Crippen LogP contribution in [-0.2, 0) is 4.74 Å². The van der Waals surface area contributed by atoms with Crippen LogP contribution >= 0.6 is 0 Å². The first kappa shape index (κ1) is 29.2. The predicted molar refractivity (Wildman–Crippen MR) is 173 cm³/mol. The first-order valence-electron chi connectivity index (χ1n) is 15.2. The van der Waals surface area contributed by atoms with Crippen molar-refractivity contribution in [2.45, 2.75) is 13.8 Å². The number of likely N-dealkylation sites (N-methyl/N-ethyl adjacent to an activating group) is 1. The van der Waals surface area contributed by atoms with E-state index in [4.69, 9.17) is 14.1 Å². The molecular formula is C34H42N6O3. The van der Waals surface area contributed by atoms with E-state index in [0.717, 1.165) is 78.3 Å². The Labute approximate surface area is 254 Å². The highest BCUT2D eigenvalue weighted by atomic mass is 16.5. The minimum atomic E-state index is 0.0558. The van der Waals surface area contributed by atoms with Gasteiger partial charge in [0, 0.05) is 74.9 Å². The van der Waals surface area contributed by atoms with Gasteiger partial charge in [0.15, 0.2) is 5.58 Å². The number of oxazole rings is 1. The van der Waals surface area contributed by atoms with Crippen molar-refractivity contribution in [3.63, 3.8) is 0 Å². The number of carbonyl (C=O) groups excluding carboxylic acids is 1. The van der Waals surface area contributed by atoms with E-state index in [1.165, 1.54) is 11.3 Å². The van der Waals surface area contributed by atoms with E-state index in [-0.39, 0.29) is 5.91 Å². The lowest BCUT2D eigenvalue weighted by Gasteiger charge is -2.37. The number of aryl methyl sites for hydroxylation is 2. The molecular weight excluding hydrogens is 540 g/mol. The van der Waals surface area contributed by atoms with Gasteiger partial charge in [-0.05, 0) is 75.0 Å². The summed E-state index contributed by atoms with van der Waals surface area (Å²) in [5.74, 6) is 0.0558. The van der Waals surface area contributed by atoms with Crippen LogP contribution < -0.4 is 10.2 Å². The molecule has 0 bridgehead atoms. The monoisotopic (exact) mass is 582 g/mol. The summed E-state index contributed by atoms with van der Waals surface area (Å²) in [4.78, 5) is 27.0. The quantitative estimate of drug-likeness (QED) is 0.311. The molecule has 9 nitrogen and oxygen atoms in total. The Bertz CT molecular complexity index is 1580. The molecule has 2 aliphatic heterocycles. The lowest BCUT2D eigenvalue weighted by molar-refractivity contribution is 0.0302. The van der Waals surface area contributed by atoms with E-state index in [2.05, 4.69) is 65.3 Å². The van der Waals surface area contributed by atoms with Crippen molar-refractivity contribution in [1.82, 2.24) is 19.7 Å². The van der Waals surface area contributed by atoms with E-state index in [1.54, 1.807) is 0 Å². The van der Waals surface area contributed by atoms with Gasteiger partial charge in [-0.25, -0.2) is 0 Å². The number of aromatic nitrogens is 1. The van der Waals surface area contributed by atoms with Gasteiger partial charge in [-0.3, -0.25) is 9.69 Å². The van der Waals surface area contributed by atoms with Crippen LogP contribution in [0.3, 0.4) is 0 Å². The SMILES string of the molecule is Cc1cc(-c2cccc3nc(Nc4ccc(N5CCN(CCN(C)C)CC5)c(C)c4)oc23)ccc1C(=O)N1CCOCC1. The average Bonchev–Trinajstić information content (AvgIpc) is 3.43. The van der Waals surface area contributed by atoms with Crippen molar-refractivity contribution < 1.29 is 13.9 Å². The number of fused-ring (bicyclic) bond motifs is 1. The number of benzene rings is 3. The van der Waals surface area contributed by atoms with Crippen molar-refractivity contribution in [1.29, 1.82) is 0 Å². The van der Waals surface area contributed by atoms with Crippen molar-refractivity contribution in [2.24, 2.45) is 0 Å². The standard InChI is InChI=1S/C34H42N6O3/c1-24-22-26(8-10-28(24)33(41)40-18-20-42-21-19-40)29-6-5-7-30-32(29)43-34(36-30)35-27-9-11-31(25(2)23-27)39-16-14-38(15-17-39)13-12-37(3)4/h5-11,22-23H,12-21H2,1-4H3,(H,35,36). The Morgan fingerprint density at radius 2 is 1.72 bits per heavy atom. The van der Waals surface area contributed by atoms with Crippen LogP contribution in [0.2, 0.25) is 0 Å². The summed E-state index contributed by atoms with van der Waals surface area (Å²) in [6.07, 6.45) is 0. The maximum absolute atomic E-state index is 13.1. The zero-order valence-electron chi connectivity index (χ0n) is 25.7. The number of rotatable bonds is 8. The van der Waals surface area contributed by atoms with Gasteiger partial charge in [0.05, 0.1) is 13.2 Å². The number of amides is 1. The highest BCUT2D eigenvalue weighted by molar-refractivity contribution is 5.97. The second-order valence-corrected chi connectivity index (χ2v) is 11.9. The van der Waals surface area contributed by atoms with E-state index < -0.39 is 0 Å². The Balaban J connectivity index is 1.15. The number of carbonyl (C=O) groups is 1. The second kappa shape index (κ2) is 12.8. The van der Waals surface area contributed by atoms with E-state index >= 15 is 0 Å². The van der Waals surface area contributed by atoms with Crippen LogP contribution in [0, 0.1) is 13.8 Å². The number of para-hydroxylation sites is 1. The number of nitrogens with zero attached hydrogens (tertiary/aromatic N) is 5. The van der Waals surface area contributed by atoms with Gasteiger partial charge >= 0.3 is 0 Å². The molecule has 0 spiro atoms. The minimum Gasteiger partial charge on any atom is -0.423 e. The van der Waals surface area contributed by atoms with E-state index in [9.17, 15) is 4.79 Å². The van der Waals surface area contributed by atoms with Gasteiger partial charge in [-0.15, -0.1) is 0 Å². The number of hydrogen-bond donors (Lipinski definition) is 1. The van der Waals surface area contributed by atoms with Crippen LogP contribution in [0.5, 0.6) is 0 Å². The summed E-state index contributed by atoms with van der Waals surface area (Å²) in [6, 6.07) is 18.9. The molecule has 2 saturated heterocycles. The molecule has 3 heterocycles. The van der Waals surface area contributed by atoms with Crippen LogP contribution in [-0.4, -0.2) is 105 Å². The lowest BCUT2D eigenvalue weighted by Crippen LogP contribution is -2.48. The first-order chi connectivity index (χ1) is 20.9. The van der Waals surface area contributed by atoms with Crippen LogP contribution in [0.4, 0.5) is 17.4 Å². The number of ether oxygens (including phenoxy) is 1. The maximum atomic E-state index is 13.1. The molecule has 2 fully saturated rings. The smallest absolute Gasteiger partial charge is 0.300 e. The number of nitrogens with one attached hydrogen (secondary N) is 1. The molecule has 0 radical (unpaired) electrons. The molecule has 0 unspecified atom stereocenters. The Morgan fingerprint density at radius 1 is 0.930 bits per heavy atom. The summed E-state index contributed by atoms with van der Waals surface area (Å²) >= 11 is 0. The van der Waals surface area contributed by atoms with E-state index in [0.29, 0.717) is 32.3 Å². The number of morpholine rings is 1. The van der Waals surface area contributed by atoms with Crippen molar-refractivity contribution in [2.75, 3.05) is 89.9 Å². The molecule has 0 atom stereocenters. The Morgan fingerprint density at radius 3 is 2.44 bits per heavy atom. The largest absolute Gasteiger partial charge is 0.423 e. The van der Waals surface area contributed by atoms with Crippen molar-refractivity contribution in [3.05, 3.63) is 71.3 Å². The fourth-order valence-electron chi connectivity index (χ4n) is 6.00. The van der Waals surface area contributed by atoms with Gasteiger partial charge < -0.3 is 29.2 Å². The fraction of sp³-hybridized carbons (Fsp3) is 0.412. The Hall–Kier alpha value is -3.92. The summed E-state index contributed by atoms with van der Waals surface area (Å²) in [6.45, 7) is 13.1. The normalized spacial score (nSPS) is 16.3. The number of piperazine rings is 1. The van der Waals surface area contributed by atoms with Gasteiger partial charge in [-0.1, -0.05) is 24.3 Å². The second-order valence-electron chi connectivity index (χ2n) is 11.9. The lowest BCUT2D eigenvalue weighted by atomic mass is 9.98. The topological polar surface area (TPSA) is 77.3 Å². The molecule has 0 saturated carbocycles.